The van der Waals surface area contributed by atoms with Crippen molar-refractivity contribution in [1.29, 1.82) is 0 Å². The third-order valence-corrected chi connectivity index (χ3v) is 5.49. The van der Waals surface area contributed by atoms with Crippen molar-refractivity contribution in [3.63, 3.8) is 0 Å². The molecule has 0 saturated carbocycles. The molecule has 3 rings (SSSR count). The Morgan fingerprint density at radius 3 is 2.32 bits per heavy atom. The van der Waals surface area contributed by atoms with Crippen molar-refractivity contribution in [2.24, 2.45) is 5.92 Å². The minimum Gasteiger partial charge on any atom is -0.350 e. The number of hydrogen-bond donors (Lipinski definition) is 2. The summed E-state index contributed by atoms with van der Waals surface area (Å²) in [7, 11) is 0. The van der Waals surface area contributed by atoms with Gasteiger partial charge in [-0.1, -0.05) is 74.5 Å². The van der Waals surface area contributed by atoms with Crippen LogP contribution in [0.25, 0.3) is 0 Å². The third kappa shape index (κ3) is 6.67. The zero-order chi connectivity index (χ0) is 22.2. The van der Waals surface area contributed by atoms with Gasteiger partial charge in [0.2, 0.25) is 17.7 Å². The van der Waals surface area contributed by atoms with E-state index in [1.54, 1.807) is 4.90 Å². The SMILES string of the molecule is CC(C)C[C@H](NC(=O)CN1C[C@H](c2ccccc2)CC1=O)C(=O)NCc1ccccc1. The summed E-state index contributed by atoms with van der Waals surface area (Å²) in [6, 6.07) is 18.9. The van der Waals surface area contributed by atoms with Gasteiger partial charge in [0.05, 0.1) is 6.54 Å². The molecule has 0 radical (unpaired) electrons. The van der Waals surface area contributed by atoms with Gasteiger partial charge in [0.25, 0.3) is 0 Å². The van der Waals surface area contributed by atoms with Crippen LogP contribution in [-0.2, 0) is 20.9 Å². The minimum atomic E-state index is -0.626. The Bertz CT molecular complexity index is 883. The van der Waals surface area contributed by atoms with Crippen molar-refractivity contribution in [1.82, 2.24) is 15.5 Å². The number of nitrogens with zero attached hydrogens (tertiary/aromatic N) is 1. The molecule has 6 heteroatoms. The quantitative estimate of drug-likeness (QED) is 0.654. The normalized spacial score (nSPS) is 16.9. The van der Waals surface area contributed by atoms with Gasteiger partial charge >= 0.3 is 0 Å². The number of likely N-dealkylation sites (tertiary alicyclic amines) is 1. The molecular weight excluding hydrogens is 390 g/mol. The van der Waals surface area contributed by atoms with E-state index in [0.717, 1.165) is 11.1 Å². The van der Waals surface area contributed by atoms with Gasteiger partial charge in [-0.3, -0.25) is 14.4 Å². The topological polar surface area (TPSA) is 78.5 Å². The maximum atomic E-state index is 12.7. The minimum absolute atomic E-state index is 0.0251. The first-order chi connectivity index (χ1) is 14.9. The lowest BCUT2D eigenvalue weighted by molar-refractivity contribution is -0.134. The number of rotatable bonds is 9. The van der Waals surface area contributed by atoms with Gasteiger partial charge in [-0.15, -0.1) is 0 Å². The predicted octanol–water partition coefficient (Wildman–Crippen LogP) is 2.85. The molecule has 31 heavy (non-hydrogen) atoms. The Hall–Kier alpha value is -3.15. The summed E-state index contributed by atoms with van der Waals surface area (Å²) in [6.07, 6.45) is 0.942. The highest BCUT2D eigenvalue weighted by molar-refractivity contribution is 5.90. The van der Waals surface area contributed by atoms with Crippen LogP contribution in [0.15, 0.2) is 60.7 Å². The van der Waals surface area contributed by atoms with Gasteiger partial charge in [-0.25, -0.2) is 0 Å². The first kappa shape index (κ1) is 22.5. The average Bonchev–Trinajstić information content (AvgIpc) is 3.12. The lowest BCUT2D eigenvalue weighted by atomic mass is 9.99. The summed E-state index contributed by atoms with van der Waals surface area (Å²) in [5, 5.41) is 5.75. The van der Waals surface area contributed by atoms with E-state index >= 15 is 0 Å². The molecule has 2 N–H and O–H groups in total. The van der Waals surface area contributed by atoms with Gasteiger partial charge in [-0.2, -0.15) is 0 Å². The molecule has 6 nitrogen and oxygen atoms in total. The van der Waals surface area contributed by atoms with Gasteiger partial charge in [0.1, 0.15) is 6.04 Å². The molecular formula is C25H31N3O3. The summed E-state index contributed by atoms with van der Waals surface area (Å²) in [5.74, 6) is -0.202. The predicted molar refractivity (Wildman–Crippen MR) is 120 cm³/mol. The third-order valence-electron chi connectivity index (χ3n) is 5.49. The standard InChI is InChI=1S/C25H31N3O3/c1-18(2)13-22(25(31)26-15-19-9-5-3-6-10-19)27-23(29)17-28-16-21(14-24(28)30)20-11-7-4-8-12-20/h3-12,18,21-22H,13-17H2,1-2H3,(H,26,31)(H,27,29)/t21-,22+/m1/s1. The van der Waals surface area contributed by atoms with Crippen molar-refractivity contribution >= 4 is 17.7 Å². The van der Waals surface area contributed by atoms with Crippen LogP contribution in [0.5, 0.6) is 0 Å². The number of nitrogens with one attached hydrogen (secondary N) is 2. The highest BCUT2D eigenvalue weighted by atomic mass is 16.2. The van der Waals surface area contributed by atoms with E-state index < -0.39 is 6.04 Å². The molecule has 0 unspecified atom stereocenters. The van der Waals surface area contributed by atoms with Gasteiger partial charge in [-0.05, 0) is 23.5 Å². The van der Waals surface area contributed by atoms with Crippen molar-refractivity contribution < 1.29 is 14.4 Å². The molecule has 164 valence electrons. The molecule has 0 bridgehead atoms. The first-order valence-corrected chi connectivity index (χ1v) is 10.9. The summed E-state index contributed by atoms with van der Waals surface area (Å²) in [4.78, 5) is 39.4. The molecule has 0 aliphatic carbocycles. The Labute approximate surface area is 184 Å². The molecule has 1 fully saturated rings. The van der Waals surface area contributed by atoms with Crippen molar-refractivity contribution in [2.45, 2.75) is 45.2 Å². The van der Waals surface area contributed by atoms with Crippen molar-refractivity contribution in [3.8, 4) is 0 Å². The lowest BCUT2D eigenvalue weighted by Crippen LogP contribution is -2.50. The molecule has 1 heterocycles. The van der Waals surface area contributed by atoms with E-state index in [2.05, 4.69) is 10.6 Å². The highest BCUT2D eigenvalue weighted by Gasteiger charge is 2.32. The van der Waals surface area contributed by atoms with Crippen LogP contribution in [0.1, 0.15) is 43.7 Å². The van der Waals surface area contributed by atoms with Crippen LogP contribution in [0, 0.1) is 5.92 Å². The molecule has 2 aromatic rings. The Kier molecular flexibility index (Phi) is 7.82. The van der Waals surface area contributed by atoms with Crippen LogP contribution in [0.2, 0.25) is 0 Å². The summed E-state index contributed by atoms with van der Waals surface area (Å²) in [5.41, 5.74) is 2.11. The van der Waals surface area contributed by atoms with Crippen LogP contribution in [0.3, 0.4) is 0 Å². The van der Waals surface area contributed by atoms with Crippen molar-refractivity contribution in [2.75, 3.05) is 13.1 Å². The van der Waals surface area contributed by atoms with Gasteiger partial charge in [0.15, 0.2) is 0 Å². The summed E-state index contributed by atoms with van der Waals surface area (Å²) < 4.78 is 0. The second-order valence-electron chi connectivity index (χ2n) is 8.54. The summed E-state index contributed by atoms with van der Waals surface area (Å²) in [6.45, 7) is 4.93. The second kappa shape index (κ2) is 10.8. The Morgan fingerprint density at radius 1 is 1.03 bits per heavy atom. The van der Waals surface area contributed by atoms with E-state index in [0.29, 0.717) is 25.9 Å². The number of amides is 3. The molecule has 3 amide bonds. The second-order valence-corrected chi connectivity index (χ2v) is 8.54. The van der Waals surface area contributed by atoms with E-state index in [-0.39, 0.29) is 36.1 Å². The fourth-order valence-corrected chi connectivity index (χ4v) is 3.90. The number of carbonyl (C=O) groups is 3. The lowest BCUT2D eigenvalue weighted by Gasteiger charge is -2.22. The number of benzene rings is 2. The summed E-state index contributed by atoms with van der Waals surface area (Å²) >= 11 is 0. The van der Waals surface area contributed by atoms with E-state index in [1.165, 1.54) is 0 Å². The van der Waals surface area contributed by atoms with Crippen LogP contribution in [0.4, 0.5) is 0 Å². The molecule has 1 aliphatic rings. The maximum Gasteiger partial charge on any atom is 0.242 e. The largest absolute Gasteiger partial charge is 0.350 e. The molecule has 1 saturated heterocycles. The van der Waals surface area contributed by atoms with E-state index in [1.807, 2.05) is 74.5 Å². The fraction of sp³-hybridized carbons (Fsp3) is 0.400. The van der Waals surface area contributed by atoms with Crippen LogP contribution < -0.4 is 10.6 Å². The average molecular weight is 422 g/mol. The Morgan fingerprint density at radius 2 is 1.68 bits per heavy atom. The first-order valence-electron chi connectivity index (χ1n) is 10.9. The monoisotopic (exact) mass is 421 g/mol. The molecule has 0 aromatic heterocycles. The zero-order valence-electron chi connectivity index (χ0n) is 18.2. The molecule has 0 spiro atoms. The van der Waals surface area contributed by atoms with Crippen LogP contribution in [-0.4, -0.2) is 41.8 Å². The van der Waals surface area contributed by atoms with Gasteiger partial charge < -0.3 is 15.5 Å². The maximum absolute atomic E-state index is 12.7. The van der Waals surface area contributed by atoms with E-state index in [4.69, 9.17) is 0 Å². The highest BCUT2D eigenvalue weighted by Crippen LogP contribution is 2.27. The van der Waals surface area contributed by atoms with Crippen LogP contribution >= 0.6 is 0 Å². The smallest absolute Gasteiger partial charge is 0.242 e. The number of carbonyl (C=O) groups excluding carboxylic acids is 3. The fourth-order valence-electron chi connectivity index (χ4n) is 3.90. The van der Waals surface area contributed by atoms with Crippen molar-refractivity contribution in [3.05, 3.63) is 71.8 Å². The molecule has 2 aromatic carbocycles. The molecule has 1 aliphatic heterocycles. The van der Waals surface area contributed by atoms with Gasteiger partial charge in [0, 0.05) is 25.4 Å². The number of hydrogen-bond acceptors (Lipinski definition) is 3. The Balaban J connectivity index is 1.55. The molecule has 2 atom stereocenters. The zero-order valence-corrected chi connectivity index (χ0v) is 18.2. The van der Waals surface area contributed by atoms with E-state index in [9.17, 15) is 14.4 Å².